The Morgan fingerprint density at radius 3 is 2.56 bits per heavy atom. The van der Waals surface area contributed by atoms with E-state index < -0.39 is 11.2 Å². The van der Waals surface area contributed by atoms with Crippen molar-refractivity contribution in [2.75, 3.05) is 0 Å². The Balaban J connectivity index is 3.72. The normalized spacial score (nSPS) is 12.1. The Bertz CT molecular complexity index is 138. The van der Waals surface area contributed by atoms with Crippen LogP contribution in [0.25, 0.3) is 0 Å². The molecule has 0 saturated carbocycles. The maximum Gasteiger partial charge on any atom is 0.238 e. The first-order valence-corrected chi connectivity index (χ1v) is 3.19. The average molecular weight is 146 g/mol. The summed E-state index contributed by atoms with van der Waals surface area (Å²) in [6.07, 6.45) is 1.38. The van der Waals surface area contributed by atoms with Gasteiger partial charge < -0.3 is 0 Å². The van der Waals surface area contributed by atoms with E-state index in [9.17, 15) is 4.79 Å². The highest BCUT2D eigenvalue weighted by Gasteiger charge is 2.12. The van der Waals surface area contributed by atoms with Crippen molar-refractivity contribution in [3.05, 3.63) is 0 Å². The molecule has 0 aromatic carbocycles. The topological polar surface area (TPSA) is 40.9 Å². The summed E-state index contributed by atoms with van der Waals surface area (Å²) in [6, 6.07) is 1.82. The Morgan fingerprint density at radius 2 is 2.44 bits per heavy atom. The number of nitrogens with zero attached hydrogens (tertiary/aromatic N) is 1. The van der Waals surface area contributed by atoms with Gasteiger partial charge >= 0.3 is 0 Å². The summed E-state index contributed by atoms with van der Waals surface area (Å²) in [5.74, 6) is -0.600. The number of rotatable bonds is 3. The third kappa shape index (κ3) is 3.10. The molecule has 0 aromatic rings. The lowest BCUT2D eigenvalue weighted by Gasteiger charge is -1.96. The third-order valence-electron chi connectivity index (χ3n) is 1.01. The van der Waals surface area contributed by atoms with Crippen LogP contribution in [-0.4, -0.2) is 5.24 Å². The lowest BCUT2D eigenvalue weighted by atomic mass is 10.1. The molecule has 0 aliphatic carbocycles. The van der Waals surface area contributed by atoms with E-state index in [-0.39, 0.29) is 0 Å². The lowest BCUT2D eigenvalue weighted by molar-refractivity contribution is -0.113. The maximum atomic E-state index is 10.3. The molecule has 50 valence electrons. The number of nitriles is 1. The molecule has 0 aliphatic rings. The van der Waals surface area contributed by atoms with Crippen LogP contribution in [0.2, 0.25) is 0 Å². The molecular weight excluding hydrogens is 138 g/mol. The van der Waals surface area contributed by atoms with E-state index >= 15 is 0 Å². The number of hydrogen-bond acceptors (Lipinski definition) is 2. The van der Waals surface area contributed by atoms with Gasteiger partial charge in [0.25, 0.3) is 0 Å². The minimum absolute atomic E-state index is 0.542. The van der Waals surface area contributed by atoms with Crippen molar-refractivity contribution in [1.29, 1.82) is 5.26 Å². The lowest BCUT2D eigenvalue weighted by Crippen LogP contribution is -2.04. The first kappa shape index (κ1) is 8.45. The van der Waals surface area contributed by atoms with Crippen molar-refractivity contribution in [3.63, 3.8) is 0 Å². The van der Waals surface area contributed by atoms with E-state index in [1.54, 1.807) is 0 Å². The van der Waals surface area contributed by atoms with Crippen LogP contribution in [0.15, 0.2) is 0 Å². The van der Waals surface area contributed by atoms with Gasteiger partial charge in [-0.25, -0.2) is 0 Å². The fourth-order valence-electron chi connectivity index (χ4n) is 0.517. The molecule has 1 atom stereocenters. The van der Waals surface area contributed by atoms with Crippen LogP contribution in [0.1, 0.15) is 19.8 Å². The Morgan fingerprint density at radius 1 is 1.89 bits per heavy atom. The monoisotopic (exact) mass is 145 g/mol. The van der Waals surface area contributed by atoms with Gasteiger partial charge in [-0.15, -0.1) is 0 Å². The summed E-state index contributed by atoms with van der Waals surface area (Å²) in [5, 5.41) is 7.73. The molecule has 0 N–H and O–H groups in total. The van der Waals surface area contributed by atoms with Crippen LogP contribution < -0.4 is 0 Å². The highest BCUT2D eigenvalue weighted by molar-refractivity contribution is 6.64. The van der Waals surface area contributed by atoms with Gasteiger partial charge in [-0.3, -0.25) is 4.79 Å². The van der Waals surface area contributed by atoms with Crippen LogP contribution in [-0.2, 0) is 4.79 Å². The van der Waals surface area contributed by atoms with Crippen molar-refractivity contribution < 1.29 is 4.79 Å². The highest BCUT2D eigenvalue weighted by atomic mass is 35.5. The van der Waals surface area contributed by atoms with Gasteiger partial charge in [0.1, 0.15) is 5.92 Å². The molecule has 0 bridgehead atoms. The predicted molar refractivity (Wildman–Crippen MR) is 34.9 cm³/mol. The van der Waals surface area contributed by atoms with Gasteiger partial charge in [0.2, 0.25) is 5.24 Å². The summed E-state index contributed by atoms with van der Waals surface area (Å²) in [7, 11) is 0. The summed E-state index contributed by atoms with van der Waals surface area (Å²) < 4.78 is 0. The maximum absolute atomic E-state index is 10.3. The molecular formula is C6H8ClNO. The van der Waals surface area contributed by atoms with Gasteiger partial charge in [0, 0.05) is 0 Å². The molecule has 0 radical (unpaired) electrons. The van der Waals surface area contributed by atoms with Crippen molar-refractivity contribution in [2.24, 2.45) is 5.92 Å². The molecule has 0 amide bonds. The third-order valence-corrected chi connectivity index (χ3v) is 1.27. The van der Waals surface area contributed by atoms with E-state index in [0.29, 0.717) is 6.42 Å². The minimum Gasteiger partial charge on any atom is -0.280 e. The second-order valence-electron chi connectivity index (χ2n) is 1.77. The molecule has 0 saturated heterocycles. The quantitative estimate of drug-likeness (QED) is 0.567. The van der Waals surface area contributed by atoms with Crippen LogP contribution in [0.3, 0.4) is 0 Å². The van der Waals surface area contributed by atoms with Crippen LogP contribution in [0.5, 0.6) is 0 Å². The van der Waals surface area contributed by atoms with Gasteiger partial charge in [-0.05, 0) is 18.0 Å². The smallest absolute Gasteiger partial charge is 0.238 e. The molecule has 0 aromatic heterocycles. The number of carbonyl (C=O) groups excluding carboxylic acids is 1. The molecule has 0 fully saturated rings. The SMILES string of the molecule is CCCC(C#N)C(=O)Cl. The molecule has 9 heavy (non-hydrogen) atoms. The first-order chi connectivity index (χ1) is 4.22. The predicted octanol–water partition coefficient (Wildman–Crippen LogP) is 1.69. The average Bonchev–Trinajstić information content (AvgIpc) is 1.82. The molecule has 0 rings (SSSR count). The molecule has 1 unspecified atom stereocenters. The van der Waals surface area contributed by atoms with Gasteiger partial charge in [0.15, 0.2) is 0 Å². The minimum atomic E-state index is -0.600. The number of hydrogen-bond donors (Lipinski definition) is 0. The van der Waals surface area contributed by atoms with Crippen LogP contribution >= 0.6 is 11.6 Å². The van der Waals surface area contributed by atoms with Crippen LogP contribution in [0, 0.1) is 17.2 Å². The van der Waals surface area contributed by atoms with Gasteiger partial charge in [-0.1, -0.05) is 13.3 Å². The Labute approximate surface area is 59.4 Å². The zero-order valence-corrected chi connectivity index (χ0v) is 5.98. The molecule has 2 nitrogen and oxygen atoms in total. The molecule has 0 spiro atoms. The van der Waals surface area contributed by atoms with E-state index in [1.807, 2.05) is 13.0 Å². The van der Waals surface area contributed by atoms with E-state index in [4.69, 9.17) is 16.9 Å². The van der Waals surface area contributed by atoms with Crippen molar-refractivity contribution in [1.82, 2.24) is 0 Å². The number of carbonyl (C=O) groups is 1. The standard InChI is InChI=1S/C6H8ClNO/c1-2-3-5(4-8)6(7)9/h5H,2-3H2,1H3. The van der Waals surface area contributed by atoms with Crippen LogP contribution in [0.4, 0.5) is 0 Å². The summed E-state index contributed by atoms with van der Waals surface area (Å²) in [5.41, 5.74) is 0. The highest BCUT2D eigenvalue weighted by Crippen LogP contribution is 2.07. The summed E-state index contributed by atoms with van der Waals surface area (Å²) in [4.78, 5) is 10.3. The second-order valence-corrected chi connectivity index (χ2v) is 2.15. The van der Waals surface area contributed by atoms with E-state index in [0.717, 1.165) is 6.42 Å². The summed E-state index contributed by atoms with van der Waals surface area (Å²) >= 11 is 5.06. The zero-order chi connectivity index (χ0) is 7.28. The van der Waals surface area contributed by atoms with Crippen molar-refractivity contribution >= 4 is 16.8 Å². The number of halogens is 1. The molecule has 0 heterocycles. The zero-order valence-electron chi connectivity index (χ0n) is 5.22. The van der Waals surface area contributed by atoms with E-state index in [2.05, 4.69) is 0 Å². The second kappa shape index (κ2) is 4.34. The summed E-state index contributed by atoms with van der Waals surface area (Å²) in [6.45, 7) is 1.91. The Kier molecular flexibility index (Phi) is 4.08. The fraction of sp³-hybridized carbons (Fsp3) is 0.667. The van der Waals surface area contributed by atoms with Crippen molar-refractivity contribution in [2.45, 2.75) is 19.8 Å². The van der Waals surface area contributed by atoms with Crippen molar-refractivity contribution in [3.8, 4) is 6.07 Å². The largest absolute Gasteiger partial charge is 0.280 e. The fourth-order valence-corrected chi connectivity index (χ4v) is 0.675. The van der Waals surface area contributed by atoms with E-state index in [1.165, 1.54) is 0 Å². The Hall–Kier alpha value is -0.550. The van der Waals surface area contributed by atoms with Gasteiger partial charge in [-0.2, -0.15) is 5.26 Å². The van der Waals surface area contributed by atoms with Gasteiger partial charge in [0.05, 0.1) is 6.07 Å². The first-order valence-electron chi connectivity index (χ1n) is 2.81. The molecule has 3 heteroatoms. The molecule has 0 aliphatic heterocycles.